The van der Waals surface area contributed by atoms with Crippen LogP contribution in [-0.4, -0.2) is 29.0 Å². The molecule has 14 heavy (non-hydrogen) atoms. The molecular weight excluding hydrogens is 201 g/mol. The minimum absolute atomic E-state index is 0.0318. The molecule has 0 aliphatic rings. The fourth-order valence-corrected chi connectivity index (χ4v) is 0.617. The van der Waals surface area contributed by atoms with Crippen LogP contribution in [0.25, 0.3) is 0 Å². The van der Waals surface area contributed by atoms with E-state index in [4.69, 9.17) is 0 Å². The first kappa shape index (κ1) is 10.4. The van der Waals surface area contributed by atoms with Gasteiger partial charge in [0, 0.05) is 0 Å². The minimum atomic E-state index is -4.41. The number of halogens is 3. The number of carbonyl (C=O) groups excluding carboxylic acids is 1. The average molecular weight is 206 g/mol. The van der Waals surface area contributed by atoms with E-state index < -0.39 is 12.8 Å². The van der Waals surface area contributed by atoms with E-state index in [1.54, 1.807) is 0 Å². The van der Waals surface area contributed by atoms with E-state index in [1.165, 1.54) is 0 Å². The number of rotatable bonds is 3. The number of ether oxygens (including phenoxy) is 1. The van der Waals surface area contributed by atoms with Gasteiger partial charge in [-0.05, 0) is 0 Å². The number of aldehydes is 1. The highest BCUT2D eigenvalue weighted by Gasteiger charge is 2.28. The largest absolute Gasteiger partial charge is 0.467 e. The molecule has 1 heterocycles. The number of hydrogen-bond acceptors (Lipinski definition) is 4. The molecule has 76 valence electrons. The Hall–Kier alpha value is -1.66. The molecule has 1 rings (SSSR count). The van der Waals surface area contributed by atoms with Crippen LogP contribution in [-0.2, 0) is 0 Å². The summed E-state index contributed by atoms with van der Waals surface area (Å²) in [5, 5.41) is 0. The van der Waals surface area contributed by atoms with Gasteiger partial charge in [-0.25, -0.2) is 9.97 Å². The van der Waals surface area contributed by atoms with E-state index in [-0.39, 0.29) is 11.6 Å². The maximum absolute atomic E-state index is 11.7. The predicted molar refractivity (Wildman–Crippen MR) is 39.0 cm³/mol. The Morgan fingerprint density at radius 2 is 2.07 bits per heavy atom. The Labute approximate surface area is 76.7 Å². The summed E-state index contributed by atoms with van der Waals surface area (Å²) < 4.78 is 39.2. The summed E-state index contributed by atoms with van der Waals surface area (Å²) in [5.74, 6) is -0.270. The zero-order valence-electron chi connectivity index (χ0n) is 6.78. The fourth-order valence-electron chi connectivity index (χ4n) is 0.617. The average Bonchev–Trinajstić information content (AvgIpc) is 2.14. The summed E-state index contributed by atoms with van der Waals surface area (Å²) in [6, 6.07) is 0. The molecule has 1 aromatic rings. The Bertz CT molecular complexity index is 310. The summed E-state index contributed by atoms with van der Waals surface area (Å²) in [6.07, 6.45) is -2.00. The van der Waals surface area contributed by atoms with Gasteiger partial charge < -0.3 is 4.74 Å². The maximum atomic E-state index is 11.7. The van der Waals surface area contributed by atoms with Crippen molar-refractivity contribution in [1.29, 1.82) is 0 Å². The van der Waals surface area contributed by atoms with E-state index in [9.17, 15) is 18.0 Å². The SMILES string of the molecule is O=Cc1cnc(OCC(F)(F)F)cn1. The molecule has 0 aromatic carbocycles. The number of aromatic nitrogens is 2. The summed E-state index contributed by atoms with van der Waals surface area (Å²) in [7, 11) is 0. The molecule has 0 radical (unpaired) electrons. The van der Waals surface area contributed by atoms with Gasteiger partial charge in [0.25, 0.3) is 0 Å². The van der Waals surface area contributed by atoms with Gasteiger partial charge in [0.05, 0.1) is 12.4 Å². The smallest absolute Gasteiger partial charge is 0.422 e. The normalized spacial score (nSPS) is 11.1. The van der Waals surface area contributed by atoms with Crippen LogP contribution in [0.1, 0.15) is 10.5 Å². The first-order chi connectivity index (χ1) is 6.51. The third-order valence-electron chi connectivity index (χ3n) is 1.15. The fraction of sp³-hybridized carbons (Fsp3) is 0.286. The van der Waals surface area contributed by atoms with Gasteiger partial charge in [-0.15, -0.1) is 0 Å². The van der Waals surface area contributed by atoms with E-state index in [1.807, 2.05) is 0 Å². The predicted octanol–water partition coefficient (Wildman–Crippen LogP) is 1.23. The molecular formula is C7H5F3N2O2. The van der Waals surface area contributed by atoms with Crippen molar-refractivity contribution in [2.24, 2.45) is 0 Å². The molecule has 4 nitrogen and oxygen atoms in total. The molecule has 0 saturated carbocycles. The molecule has 0 N–H and O–H groups in total. The van der Waals surface area contributed by atoms with Crippen molar-refractivity contribution in [3.8, 4) is 5.88 Å². The molecule has 7 heteroatoms. The zero-order chi connectivity index (χ0) is 10.6. The highest BCUT2D eigenvalue weighted by atomic mass is 19.4. The van der Waals surface area contributed by atoms with Gasteiger partial charge in [0.2, 0.25) is 5.88 Å². The standard InChI is InChI=1S/C7H5F3N2O2/c8-7(9,10)4-14-6-2-11-5(3-13)1-12-6/h1-3H,4H2. The molecule has 0 atom stereocenters. The minimum Gasteiger partial charge on any atom is -0.467 e. The van der Waals surface area contributed by atoms with Crippen LogP contribution in [0.4, 0.5) is 13.2 Å². The molecule has 0 aliphatic carbocycles. The lowest BCUT2D eigenvalue weighted by Crippen LogP contribution is -2.19. The van der Waals surface area contributed by atoms with Crippen LogP contribution in [0.5, 0.6) is 5.88 Å². The number of alkyl halides is 3. The monoisotopic (exact) mass is 206 g/mol. The van der Waals surface area contributed by atoms with Crippen molar-refractivity contribution >= 4 is 6.29 Å². The van der Waals surface area contributed by atoms with Gasteiger partial charge in [-0.1, -0.05) is 0 Å². The number of nitrogens with zero attached hydrogens (tertiary/aromatic N) is 2. The van der Waals surface area contributed by atoms with Crippen molar-refractivity contribution in [3.63, 3.8) is 0 Å². The second-order valence-corrected chi connectivity index (χ2v) is 2.30. The highest BCUT2D eigenvalue weighted by molar-refractivity contribution is 5.70. The summed E-state index contributed by atoms with van der Waals surface area (Å²) in [4.78, 5) is 17.0. The van der Waals surface area contributed by atoms with Crippen molar-refractivity contribution in [1.82, 2.24) is 9.97 Å². The second-order valence-electron chi connectivity index (χ2n) is 2.30. The van der Waals surface area contributed by atoms with Crippen LogP contribution in [0.3, 0.4) is 0 Å². The Morgan fingerprint density at radius 1 is 1.36 bits per heavy atom. The summed E-state index contributed by atoms with van der Waals surface area (Å²) in [6.45, 7) is -1.43. The first-order valence-corrected chi connectivity index (χ1v) is 3.48. The molecule has 0 amide bonds. The summed E-state index contributed by atoms with van der Waals surface area (Å²) in [5.41, 5.74) is 0.0318. The lowest BCUT2D eigenvalue weighted by molar-refractivity contribution is -0.154. The molecule has 0 spiro atoms. The molecule has 0 saturated heterocycles. The van der Waals surface area contributed by atoms with E-state index in [0.717, 1.165) is 12.4 Å². The molecule has 1 aromatic heterocycles. The lowest BCUT2D eigenvalue weighted by atomic mass is 10.5. The van der Waals surface area contributed by atoms with Crippen molar-refractivity contribution < 1.29 is 22.7 Å². The third-order valence-corrected chi connectivity index (χ3v) is 1.15. The van der Waals surface area contributed by atoms with Crippen molar-refractivity contribution in [2.45, 2.75) is 6.18 Å². The van der Waals surface area contributed by atoms with Crippen molar-refractivity contribution in [3.05, 3.63) is 18.1 Å². The van der Waals surface area contributed by atoms with Crippen LogP contribution in [0, 0.1) is 0 Å². The molecule has 0 aliphatic heterocycles. The van der Waals surface area contributed by atoms with Gasteiger partial charge in [0.1, 0.15) is 5.69 Å². The Kier molecular flexibility index (Phi) is 3.00. The molecule has 0 bridgehead atoms. The van der Waals surface area contributed by atoms with Crippen molar-refractivity contribution in [2.75, 3.05) is 6.61 Å². The van der Waals surface area contributed by atoms with Crippen LogP contribution in [0.2, 0.25) is 0 Å². The quantitative estimate of drug-likeness (QED) is 0.698. The van der Waals surface area contributed by atoms with Gasteiger partial charge >= 0.3 is 6.18 Å². The van der Waals surface area contributed by atoms with Crippen LogP contribution < -0.4 is 4.74 Å². The maximum Gasteiger partial charge on any atom is 0.422 e. The van der Waals surface area contributed by atoms with Crippen LogP contribution in [0.15, 0.2) is 12.4 Å². The molecule has 0 unspecified atom stereocenters. The third kappa shape index (κ3) is 3.38. The Morgan fingerprint density at radius 3 is 2.50 bits per heavy atom. The lowest BCUT2D eigenvalue weighted by Gasteiger charge is -2.07. The van der Waals surface area contributed by atoms with Gasteiger partial charge in [0.15, 0.2) is 12.9 Å². The number of hydrogen-bond donors (Lipinski definition) is 0. The molecule has 0 fully saturated rings. The zero-order valence-corrected chi connectivity index (χ0v) is 6.78. The van der Waals surface area contributed by atoms with Gasteiger partial charge in [-0.2, -0.15) is 13.2 Å². The van der Waals surface area contributed by atoms with E-state index >= 15 is 0 Å². The van der Waals surface area contributed by atoms with E-state index in [2.05, 4.69) is 14.7 Å². The first-order valence-electron chi connectivity index (χ1n) is 3.48. The van der Waals surface area contributed by atoms with Crippen LogP contribution >= 0.6 is 0 Å². The second kappa shape index (κ2) is 4.03. The highest BCUT2D eigenvalue weighted by Crippen LogP contribution is 2.16. The van der Waals surface area contributed by atoms with Gasteiger partial charge in [-0.3, -0.25) is 4.79 Å². The number of carbonyl (C=O) groups is 1. The topological polar surface area (TPSA) is 52.1 Å². The van der Waals surface area contributed by atoms with E-state index in [0.29, 0.717) is 6.29 Å². The Balaban J connectivity index is 2.56. The summed E-state index contributed by atoms with van der Waals surface area (Å²) >= 11 is 0.